The van der Waals surface area contributed by atoms with Crippen LogP contribution in [0, 0.1) is 0 Å². The van der Waals surface area contributed by atoms with E-state index >= 15 is 0 Å². The molecule has 0 radical (unpaired) electrons. The number of aliphatic hydroxyl groups excluding tert-OH is 1. The van der Waals surface area contributed by atoms with Crippen molar-refractivity contribution in [3.8, 4) is 0 Å². The molecule has 0 amide bonds. The Morgan fingerprint density at radius 2 is 1.62 bits per heavy atom. The van der Waals surface area contributed by atoms with Crippen molar-refractivity contribution >= 4 is 18.2 Å². The van der Waals surface area contributed by atoms with Gasteiger partial charge < -0.3 is 14.6 Å². The van der Waals surface area contributed by atoms with Crippen molar-refractivity contribution in [2.24, 2.45) is 0 Å². The molecule has 0 saturated carbocycles. The number of esters is 2. The first-order valence-corrected chi connectivity index (χ1v) is 4.22. The molecule has 0 aliphatic heterocycles. The summed E-state index contributed by atoms with van der Waals surface area (Å²) >= 11 is 0. The zero-order valence-electron chi connectivity index (χ0n) is 8.76. The highest BCUT2D eigenvalue weighted by atomic mass is 16.5. The maximum Gasteiger partial charge on any atom is 0.371 e. The van der Waals surface area contributed by atoms with Crippen LogP contribution in [0.3, 0.4) is 0 Å². The minimum atomic E-state index is -0.857. The van der Waals surface area contributed by atoms with Crippen LogP contribution >= 0.6 is 0 Å². The van der Waals surface area contributed by atoms with Crippen LogP contribution in [-0.4, -0.2) is 43.2 Å². The largest absolute Gasteiger partial charge is 0.460 e. The van der Waals surface area contributed by atoms with E-state index in [2.05, 4.69) is 22.6 Å². The van der Waals surface area contributed by atoms with Crippen molar-refractivity contribution in [1.82, 2.24) is 0 Å². The standard InChI is InChI=1S/C5H8O3.C5H6O3/c2*1-2-3-8-5(7)4-6/h2,6H,1,3-4H2;2,4H,1,3H2. The number of rotatable bonds is 6. The second-order valence-electron chi connectivity index (χ2n) is 2.17. The van der Waals surface area contributed by atoms with Gasteiger partial charge in [0.2, 0.25) is 6.29 Å². The molecule has 0 aliphatic rings. The summed E-state index contributed by atoms with van der Waals surface area (Å²) in [5.74, 6) is -1.48. The number of aldehydes is 1. The minimum Gasteiger partial charge on any atom is -0.460 e. The third-order valence-electron chi connectivity index (χ3n) is 0.931. The summed E-state index contributed by atoms with van der Waals surface area (Å²) in [6.07, 6.45) is 2.94. The molecule has 0 aromatic carbocycles. The molecule has 0 unspecified atom stereocenters. The van der Waals surface area contributed by atoms with Crippen LogP contribution in [-0.2, 0) is 23.9 Å². The zero-order chi connectivity index (χ0) is 12.8. The van der Waals surface area contributed by atoms with Gasteiger partial charge >= 0.3 is 11.9 Å². The molecule has 0 saturated heterocycles. The Bertz CT molecular complexity index is 246. The summed E-state index contributed by atoms with van der Waals surface area (Å²) in [6.45, 7) is 6.28. The monoisotopic (exact) mass is 230 g/mol. The van der Waals surface area contributed by atoms with E-state index in [1.807, 2.05) is 0 Å². The van der Waals surface area contributed by atoms with Crippen LogP contribution < -0.4 is 0 Å². The Labute approximate surface area is 93.2 Å². The Morgan fingerprint density at radius 1 is 1.12 bits per heavy atom. The van der Waals surface area contributed by atoms with Gasteiger partial charge in [0, 0.05) is 0 Å². The van der Waals surface area contributed by atoms with Gasteiger partial charge in [-0.1, -0.05) is 25.3 Å². The highest BCUT2D eigenvalue weighted by Crippen LogP contribution is 1.74. The van der Waals surface area contributed by atoms with Crippen molar-refractivity contribution in [2.75, 3.05) is 19.8 Å². The van der Waals surface area contributed by atoms with E-state index in [0.29, 0.717) is 0 Å². The SMILES string of the molecule is C=CCOC(=O)C=O.C=CCOC(=O)CO. The van der Waals surface area contributed by atoms with E-state index in [-0.39, 0.29) is 19.5 Å². The average molecular weight is 230 g/mol. The fraction of sp³-hybridized carbons (Fsp3) is 0.300. The van der Waals surface area contributed by atoms with Gasteiger partial charge in [0.1, 0.15) is 19.8 Å². The van der Waals surface area contributed by atoms with E-state index in [9.17, 15) is 14.4 Å². The lowest BCUT2D eigenvalue weighted by molar-refractivity contribution is -0.147. The quantitative estimate of drug-likeness (QED) is 0.289. The summed E-state index contributed by atoms with van der Waals surface area (Å²) < 4.78 is 8.55. The van der Waals surface area contributed by atoms with Crippen LogP contribution in [0.4, 0.5) is 0 Å². The molecule has 16 heavy (non-hydrogen) atoms. The van der Waals surface area contributed by atoms with Crippen molar-refractivity contribution in [3.63, 3.8) is 0 Å². The predicted molar refractivity (Wildman–Crippen MR) is 55.5 cm³/mol. The number of hydrogen-bond donors (Lipinski definition) is 1. The highest BCUT2D eigenvalue weighted by molar-refractivity contribution is 6.20. The Balaban J connectivity index is 0. The first kappa shape index (κ1) is 16.5. The molecule has 6 nitrogen and oxygen atoms in total. The maximum absolute atomic E-state index is 10.1. The molecule has 0 aromatic rings. The molecule has 0 aromatic heterocycles. The predicted octanol–water partition coefficient (Wildman–Crippen LogP) is -0.378. The summed E-state index contributed by atoms with van der Waals surface area (Å²) in [6, 6.07) is 0. The summed E-state index contributed by atoms with van der Waals surface area (Å²) in [7, 11) is 0. The van der Waals surface area contributed by atoms with Gasteiger partial charge in [-0.15, -0.1) is 0 Å². The molecule has 0 fully saturated rings. The van der Waals surface area contributed by atoms with Crippen LogP contribution in [0.5, 0.6) is 0 Å². The summed E-state index contributed by atoms with van der Waals surface area (Å²) in [5.41, 5.74) is 0. The first-order chi connectivity index (χ1) is 7.62. The number of carbonyl (C=O) groups excluding carboxylic acids is 3. The molecule has 0 atom stereocenters. The number of ether oxygens (including phenoxy) is 2. The maximum atomic E-state index is 10.1. The third kappa shape index (κ3) is 14.6. The number of carbonyl (C=O) groups is 3. The summed E-state index contributed by atoms with van der Waals surface area (Å²) in [5, 5.41) is 8.05. The number of hydrogen-bond acceptors (Lipinski definition) is 6. The molecular formula is C10H14O6. The molecular weight excluding hydrogens is 216 g/mol. The Kier molecular flexibility index (Phi) is 13.4. The average Bonchev–Trinajstić information content (AvgIpc) is 2.33. The Hall–Kier alpha value is -1.95. The molecule has 0 rings (SSSR count). The smallest absolute Gasteiger partial charge is 0.371 e. The fourth-order valence-electron chi connectivity index (χ4n) is 0.373. The lowest BCUT2D eigenvalue weighted by atomic mass is 10.7. The van der Waals surface area contributed by atoms with Crippen LogP contribution in [0.25, 0.3) is 0 Å². The van der Waals surface area contributed by atoms with Gasteiger partial charge in [-0.3, -0.25) is 4.79 Å². The zero-order valence-corrected chi connectivity index (χ0v) is 8.76. The lowest BCUT2D eigenvalue weighted by Crippen LogP contribution is -2.08. The first-order valence-electron chi connectivity index (χ1n) is 4.22. The van der Waals surface area contributed by atoms with Gasteiger partial charge in [0.25, 0.3) is 0 Å². The molecule has 0 aliphatic carbocycles. The second-order valence-corrected chi connectivity index (χ2v) is 2.17. The van der Waals surface area contributed by atoms with Gasteiger partial charge in [-0.2, -0.15) is 0 Å². The van der Waals surface area contributed by atoms with Gasteiger partial charge in [-0.25, -0.2) is 9.59 Å². The van der Waals surface area contributed by atoms with Crippen molar-refractivity contribution < 1.29 is 29.0 Å². The fourth-order valence-corrected chi connectivity index (χ4v) is 0.373. The van der Waals surface area contributed by atoms with Crippen molar-refractivity contribution in [3.05, 3.63) is 25.3 Å². The Morgan fingerprint density at radius 3 is 2.00 bits per heavy atom. The molecule has 1 N–H and O–H groups in total. The van der Waals surface area contributed by atoms with Crippen molar-refractivity contribution in [1.29, 1.82) is 0 Å². The van der Waals surface area contributed by atoms with Gasteiger partial charge in [0.05, 0.1) is 0 Å². The van der Waals surface area contributed by atoms with Crippen molar-refractivity contribution in [2.45, 2.75) is 0 Å². The molecule has 0 spiro atoms. The summed E-state index contributed by atoms with van der Waals surface area (Å²) in [4.78, 5) is 29.5. The van der Waals surface area contributed by atoms with Gasteiger partial charge in [-0.05, 0) is 0 Å². The third-order valence-corrected chi connectivity index (χ3v) is 0.931. The number of aliphatic hydroxyl groups is 1. The molecule has 0 heterocycles. The van der Waals surface area contributed by atoms with E-state index in [1.165, 1.54) is 12.2 Å². The van der Waals surface area contributed by atoms with Crippen LogP contribution in [0.2, 0.25) is 0 Å². The second kappa shape index (κ2) is 13.1. The van der Waals surface area contributed by atoms with Crippen LogP contribution in [0.1, 0.15) is 0 Å². The molecule has 90 valence electrons. The van der Waals surface area contributed by atoms with E-state index < -0.39 is 18.5 Å². The minimum absolute atomic E-state index is 0.0948. The molecule has 0 bridgehead atoms. The highest BCUT2D eigenvalue weighted by Gasteiger charge is 1.94. The normalized spacial score (nSPS) is 7.81. The lowest BCUT2D eigenvalue weighted by Gasteiger charge is -1.94. The van der Waals surface area contributed by atoms with E-state index in [0.717, 1.165) is 0 Å². The topological polar surface area (TPSA) is 89.9 Å². The molecule has 6 heteroatoms. The van der Waals surface area contributed by atoms with E-state index in [4.69, 9.17) is 5.11 Å². The van der Waals surface area contributed by atoms with E-state index in [1.54, 1.807) is 0 Å². The van der Waals surface area contributed by atoms with Crippen LogP contribution in [0.15, 0.2) is 25.3 Å². The van der Waals surface area contributed by atoms with Gasteiger partial charge in [0.15, 0.2) is 0 Å².